The summed E-state index contributed by atoms with van der Waals surface area (Å²) in [4.78, 5) is 44.8. The molecule has 0 spiro atoms. The second-order valence-electron chi connectivity index (χ2n) is 8.74. The molecular weight excluding hydrogens is 418 g/mol. The third-order valence-electron chi connectivity index (χ3n) is 5.82. The lowest BCUT2D eigenvalue weighted by Crippen LogP contribution is -2.46. The van der Waals surface area contributed by atoms with Crippen molar-refractivity contribution < 1.29 is 4.79 Å². The molecule has 0 atom stereocenters. The van der Waals surface area contributed by atoms with Gasteiger partial charge in [-0.2, -0.15) is 0 Å². The molecule has 1 amide bonds. The molecule has 182 valence electrons. The summed E-state index contributed by atoms with van der Waals surface area (Å²) in [5.74, 6) is -0.189. The zero-order chi connectivity index (χ0) is 24.4. The van der Waals surface area contributed by atoms with E-state index in [-0.39, 0.29) is 36.5 Å². The number of rotatable bonds is 13. The summed E-state index contributed by atoms with van der Waals surface area (Å²) in [5, 5.41) is 0. The number of carbonyl (C=O) groups is 1. The van der Waals surface area contributed by atoms with Gasteiger partial charge in [0.25, 0.3) is 5.56 Å². The maximum Gasteiger partial charge on any atom is 0.330 e. The Morgan fingerprint density at radius 3 is 2.33 bits per heavy atom. The molecule has 0 fully saturated rings. The molecule has 0 aliphatic rings. The Bertz CT molecular complexity index is 997. The van der Waals surface area contributed by atoms with Crippen LogP contribution in [0.1, 0.15) is 65.4 Å². The van der Waals surface area contributed by atoms with Crippen molar-refractivity contribution in [3.05, 3.63) is 56.7 Å². The van der Waals surface area contributed by atoms with E-state index in [9.17, 15) is 14.4 Å². The van der Waals surface area contributed by atoms with Crippen molar-refractivity contribution in [1.82, 2.24) is 14.5 Å². The fourth-order valence-corrected chi connectivity index (χ4v) is 3.78. The van der Waals surface area contributed by atoms with Crippen LogP contribution < -0.4 is 21.9 Å². The number of hydrogen-bond donors (Lipinski definition) is 2. The fraction of sp³-hybridized carbons (Fsp3) is 0.560. The van der Waals surface area contributed by atoms with Crippen molar-refractivity contribution in [3.8, 4) is 0 Å². The molecule has 0 saturated heterocycles. The largest absolute Gasteiger partial charge is 0.383 e. The number of nitrogens with zero attached hydrogens (tertiary/aromatic N) is 3. The molecule has 0 unspecified atom stereocenters. The molecule has 1 aromatic carbocycles. The minimum absolute atomic E-state index is 0.0311. The van der Waals surface area contributed by atoms with Crippen molar-refractivity contribution in [1.29, 1.82) is 0 Å². The van der Waals surface area contributed by atoms with Crippen LogP contribution in [0.5, 0.6) is 0 Å². The van der Waals surface area contributed by atoms with E-state index in [1.807, 2.05) is 37.3 Å². The molecule has 33 heavy (non-hydrogen) atoms. The lowest BCUT2D eigenvalue weighted by Gasteiger charge is -2.30. The highest BCUT2D eigenvalue weighted by Crippen LogP contribution is 2.21. The quantitative estimate of drug-likeness (QED) is 0.449. The van der Waals surface area contributed by atoms with E-state index < -0.39 is 11.2 Å². The van der Waals surface area contributed by atoms with E-state index in [0.717, 1.165) is 44.2 Å². The van der Waals surface area contributed by atoms with Crippen molar-refractivity contribution in [2.75, 3.05) is 23.7 Å². The lowest BCUT2D eigenvalue weighted by molar-refractivity contribution is -0.120. The van der Waals surface area contributed by atoms with Gasteiger partial charge in [-0.3, -0.25) is 28.9 Å². The second kappa shape index (κ2) is 13.0. The molecule has 8 nitrogen and oxygen atoms in total. The van der Waals surface area contributed by atoms with Gasteiger partial charge in [-0.05, 0) is 38.8 Å². The number of carbonyl (C=O) groups excluding carboxylic acids is 1. The number of anilines is 2. The first-order valence-electron chi connectivity index (χ1n) is 12.0. The molecule has 1 aromatic heterocycles. The Morgan fingerprint density at radius 2 is 1.73 bits per heavy atom. The molecule has 0 aliphatic carbocycles. The molecular formula is C25H39N5O3. The monoisotopic (exact) mass is 457 g/mol. The summed E-state index contributed by atoms with van der Waals surface area (Å²) in [5.41, 5.74) is 6.06. The van der Waals surface area contributed by atoms with Crippen LogP contribution in [-0.4, -0.2) is 39.5 Å². The lowest BCUT2D eigenvalue weighted by atomic mass is 10.2. The molecule has 2 rings (SSSR count). The average Bonchev–Trinajstić information content (AvgIpc) is 2.78. The van der Waals surface area contributed by atoms with Gasteiger partial charge in [-0.25, -0.2) is 4.79 Å². The van der Waals surface area contributed by atoms with Gasteiger partial charge in [-0.1, -0.05) is 63.4 Å². The molecule has 0 bridgehead atoms. The molecule has 1 heterocycles. The minimum atomic E-state index is -0.642. The van der Waals surface area contributed by atoms with Gasteiger partial charge in [0, 0.05) is 12.6 Å². The van der Waals surface area contributed by atoms with Crippen LogP contribution in [0.2, 0.25) is 0 Å². The molecule has 2 aromatic rings. The zero-order valence-electron chi connectivity index (χ0n) is 20.5. The van der Waals surface area contributed by atoms with Crippen LogP contribution in [0.25, 0.3) is 0 Å². The van der Waals surface area contributed by atoms with Crippen molar-refractivity contribution >= 4 is 17.4 Å². The summed E-state index contributed by atoms with van der Waals surface area (Å²) < 4.78 is 1.35. The first kappa shape index (κ1) is 26.4. The second-order valence-corrected chi connectivity index (χ2v) is 8.74. The summed E-state index contributed by atoms with van der Waals surface area (Å²) in [6, 6.07) is 9.66. The van der Waals surface area contributed by atoms with Crippen LogP contribution in [0.15, 0.2) is 39.9 Å². The summed E-state index contributed by atoms with van der Waals surface area (Å²) in [6.45, 7) is 9.83. The van der Waals surface area contributed by atoms with Crippen molar-refractivity contribution in [3.63, 3.8) is 0 Å². The van der Waals surface area contributed by atoms with Gasteiger partial charge in [0.05, 0.1) is 13.1 Å². The fourth-order valence-electron chi connectivity index (χ4n) is 3.78. The van der Waals surface area contributed by atoms with Crippen LogP contribution in [0, 0.1) is 0 Å². The number of hydrogen-bond acceptors (Lipinski definition) is 5. The standard InChI is InChI=1S/C25H39N5O3/c1-5-7-12-15-28(19(3)4)18-21(31)30(17-20-13-10-9-11-14-20)22-23(26)29(16-8-6-2)25(33)27-24(22)32/h9-11,13-14,19H,5-8,12,15-18,26H2,1-4H3,(H,27,32,33). The Labute approximate surface area is 196 Å². The van der Waals surface area contributed by atoms with Crippen LogP contribution >= 0.6 is 0 Å². The molecule has 3 N–H and O–H groups in total. The van der Waals surface area contributed by atoms with E-state index in [1.54, 1.807) is 0 Å². The number of aromatic amines is 1. The smallest absolute Gasteiger partial charge is 0.330 e. The van der Waals surface area contributed by atoms with E-state index in [4.69, 9.17) is 5.73 Å². The van der Waals surface area contributed by atoms with E-state index >= 15 is 0 Å². The number of nitrogen functional groups attached to an aromatic ring is 1. The van der Waals surface area contributed by atoms with Crippen LogP contribution in [0.4, 0.5) is 11.5 Å². The van der Waals surface area contributed by atoms with Crippen LogP contribution in [0.3, 0.4) is 0 Å². The Kier molecular flexibility index (Phi) is 10.4. The van der Waals surface area contributed by atoms with Crippen LogP contribution in [-0.2, 0) is 17.9 Å². The van der Waals surface area contributed by atoms with Gasteiger partial charge in [0.15, 0.2) is 5.69 Å². The number of nitrogens with one attached hydrogen (secondary N) is 1. The van der Waals surface area contributed by atoms with Crippen molar-refractivity contribution in [2.45, 2.75) is 78.9 Å². The highest BCUT2D eigenvalue weighted by molar-refractivity contribution is 5.96. The summed E-state index contributed by atoms with van der Waals surface area (Å²) in [7, 11) is 0. The molecule has 8 heteroatoms. The molecule has 0 saturated carbocycles. The predicted octanol–water partition coefficient (Wildman–Crippen LogP) is 3.35. The Balaban J connectivity index is 2.47. The number of H-pyrrole nitrogens is 1. The first-order valence-corrected chi connectivity index (χ1v) is 12.0. The highest BCUT2D eigenvalue weighted by atomic mass is 16.2. The van der Waals surface area contributed by atoms with E-state index in [2.05, 4.69) is 30.7 Å². The average molecular weight is 458 g/mol. The molecule has 0 radical (unpaired) electrons. The number of benzene rings is 1. The van der Waals surface area contributed by atoms with E-state index in [1.165, 1.54) is 9.47 Å². The Hall–Kier alpha value is -2.87. The normalized spacial score (nSPS) is 11.3. The number of aromatic nitrogens is 2. The first-order chi connectivity index (χ1) is 15.8. The third kappa shape index (κ3) is 7.32. The Morgan fingerprint density at radius 1 is 1.06 bits per heavy atom. The topological polar surface area (TPSA) is 104 Å². The maximum atomic E-state index is 13.6. The SMILES string of the molecule is CCCCCN(CC(=O)N(Cc1ccccc1)c1c(N)n(CCCC)c(=O)[nH]c1=O)C(C)C. The van der Waals surface area contributed by atoms with Gasteiger partial charge in [-0.15, -0.1) is 0 Å². The minimum Gasteiger partial charge on any atom is -0.383 e. The third-order valence-corrected chi connectivity index (χ3v) is 5.82. The van der Waals surface area contributed by atoms with Gasteiger partial charge in [0.2, 0.25) is 5.91 Å². The van der Waals surface area contributed by atoms with Gasteiger partial charge in [0.1, 0.15) is 5.82 Å². The predicted molar refractivity (Wildman–Crippen MR) is 135 cm³/mol. The highest BCUT2D eigenvalue weighted by Gasteiger charge is 2.26. The zero-order valence-corrected chi connectivity index (χ0v) is 20.5. The summed E-state index contributed by atoms with van der Waals surface area (Å²) in [6.07, 6.45) is 4.81. The summed E-state index contributed by atoms with van der Waals surface area (Å²) >= 11 is 0. The van der Waals surface area contributed by atoms with Gasteiger partial charge >= 0.3 is 5.69 Å². The van der Waals surface area contributed by atoms with Gasteiger partial charge < -0.3 is 5.73 Å². The number of amides is 1. The maximum absolute atomic E-state index is 13.6. The number of unbranched alkanes of at least 4 members (excludes halogenated alkanes) is 3. The van der Waals surface area contributed by atoms with Crippen molar-refractivity contribution in [2.24, 2.45) is 0 Å². The molecule has 0 aliphatic heterocycles. The number of nitrogens with two attached hydrogens (primary N) is 1. The van der Waals surface area contributed by atoms with E-state index in [0.29, 0.717) is 6.54 Å².